The zero-order valence-electron chi connectivity index (χ0n) is 15.1. The van der Waals surface area contributed by atoms with Gasteiger partial charge < -0.3 is 10.6 Å². The van der Waals surface area contributed by atoms with Crippen LogP contribution in [0.15, 0.2) is 36.0 Å². The van der Waals surface area contributed by atoms with Crippen LogP contribution in [0, 0.1) is 6.92 Å². The van der Waals surface area contributed by atoms with Gasteiger partial charge in [-0.1, -0.05) is 6.07 Å². The predicted molar refractivity (Wildman–Crippen MR) is 102 cm³/mol. The van der Waals surface area contributed by atoms with Crippen LogP contribution in [-0.4, -0.2) is 46.9 Å². The van der Waals surface area contributed by atoms with Crippen LogP contribution in [0.2, 0.25) is 0 Å². The SMILES string of the molecule is CCNC(=O)[C@@H]1C[C@H](NC(=O)c2csc(C)c2)CN1Cc1cccnc1. The number of likely N-dealkylation sites (N-methyl/N-ethyl adjacent to an activating group) is 1. The normalized spacial score (nSPS) is 20.1. The fourth-order valence-corrected chi connectivity index (χ4v) is 3.99. The van der Waals surface area contributed by atoms with Gasteiger partial charge in [-0.25, -0.2) is 0 Å². The van der Waals surface area contributed by atoms with Gasteiger partial charge in [0.25, 0.3) is 5.91 Å². The molecule has 26 heavy (non-hydrogen) atoms. The van der Waals surface area contributed by atoms with E-state index in [0.717, 1.165) is 10.4 Å². The standard InChI is InChI=1S/C19H24N4O2S/c1-3-21-19(25)17-8-16(22-18(24)15-7-13(2)26-12-15)11-23(17)10-14-5-4-6-20-9-14/h4-7,9,12,16-17H,3,8,10-11H2,1-2H3,(H,21,25)(H,22,24)/t16-,17-/m0/s1. The molecule has 2 N–H and O–H groups in total. The number of hydrogen-bond donors (Lipinski definition) is 2. The van der Waals surface area contributed by atoms with Crippen LogP contribution >= 0.6 is 11.3 Å². The van der Waals surface area contributed by atoms with Crippen molar-refractivity contribution >= 4 is 23.2 Å². The second kappa shape index (κ2) is 8.42. The fourth-order valence-electron chi connectivity index (χ4n) is 3.31. The first-order valence-corrected chi connectivity index (χ1v) is 9.71. The molecule has 0 unspecified atom stereocenters. The highest BCUT2D eigenvalue weighted by atomic mass is 32.1. The Labute approximate surface area is 157 Å². The zero-order valence-corrected chi connectivity index (χ0v) is 15.9. The number of carbonyl (C=O) groups is 2. The Balaban J connectivity index is 1.68. The Morgan fingerprint density at radius 3 is 2.92 bits per heavy atom. The lowest BCUT2D eigenvalue weighted by Gasteiger charge is -2.23. The maximum atomic E-state index is 12.5. The molecule has 2 aromatic heterocycles. The fraction of sp³-hybridized carbons (Fsp3) is 0.421. The summed E-state index contributed by atoms with van der Waals surface area (Å²) in [5.41, 5.74) is 1.75. The van der Waals surface area contributed by atoms with Gasteiger partial charge in [-0.2, -0.15) is 0 Å². The molecule has 2 atom stereocenters. The molecule has 2 aromatic rings. The van der Waals surface area contributed by atoms with E-state index in [-0.39, 0.29) is 23.9 Å². The lowest BCUT2D eigenvalue weighted by Crippen LogP contribution is -2.42. The van der Waals surface area contributed by atoms with Gasteiger partial charge in [0.05, 0.1) is 11.6 Å². The predicted octanol–water partition coefficient (Wildman–Crippen LogP) is 1.96. The monoisotopic (exact) mass is 372 g/mol. The van der Waals surface area contributed by atoms with Gasteiger partial charge >= 0.3 is 0 Å². The molecule has 1 aliphatic heterocycles. The molecule has 3 heterocycles. The summed E-state index contributed by atoms with van der Waals surface area (Å²) in [5, 5.41) is 7.86. The van der Waals surface area contributed by atoms with E-state index in [1.165, 1.54) is 0 Å². The highest BCUT2D eigenvalue weighted by molar-refractivity contribution is 7.10. The van der Waals surface area contributed by atoms with E-state index in [9.17, 15) is 9.59 Å². The minimum atomic E-state index is -0.246. The number of aryl methyl sites for hydroxylation is 1. The first kappa shape index (κ1) is 18.5. The molecule has 0 saturated carbocycles. The van der Waals surface area contributed by atoms with E-state index >= 15 is 0 Å². The number of carbonyl (C=O) groups excluding carboxylic acids is 2. The van der Waals surface area contributed by atoms with Gasteiger partial charge in [0, 0.05) is 48.3 Å². The molecule has 7 heteroatoms. The van der Waals surface area contributed by atoms with Crippen molar-refractivity contribution in [1.82, 2.24) is 20.5 Å². The largest absolute Gasteiger partial charge is 0.355 e. The molecule has 6 nitrogen and oxygen atoms in total. The van der Waals surface area contributed by atoms with Crippen molar-refractivity contribution in [2.24, 2.45) is 0 Å². The summed E-state index contributed by atoms with van der Waals surface area (Å²) in [4.78, 5) is 32.3. The molecule has 0 spiro atoms. The van der Waals surface area contributed by atoms with E-state index < -0.39 is 0 Å². The molecule has 2 amide bonds. The number of hydrogen-bond acceptors (Lipinski definition) is 5. The number of nitrogens with zero attached hydrogens (tertiary/aromatic N) is 2. The zero-order chi connectivity index (χ0) is 18.5. The molecule has 0 aromatic carbocycles. The average molecular weight is 372 g/mol. The van der Waals surface area contributed by atoms with Gasteiger partial charge in [-0.05, 0) is 38.0 Å². The number of amides is 2. The Kier molecular flexibility index (Phi) is 6.00. The van der Waals surface area contributed by atoms with E-state index in [2.05, 4.69) is 20.5 Å². The van der Waals surface area contributed by atoms with Crippen LogP contribution < -0.4 is 10.6 Å². The van der Waals surface area contributed by atoms with E-state index in [1.807, 2.05) is 43.6 Å². The minimum absolute atomic E-state index is 0.0134. The van der Waals surface area contributed by atoms with Crippen molar-refractivity contribution in [2.75, 3.05) is 13.1 Å². The maximum absolute atomic E-state index is 12.5. The molecular weight excluding hydrogens is 348 g/mol. The summed E-state index contributed by atoms with van der Waals surface area (Å²) in [6.45, 7) is 5.78. The molecule has 138 valence electrons. The molecule has 0 aliphatic carbocycles. The van der Waals surface area contributed by atoms with Crippen LogP contribution in [0.25, 0.3) is 0 Å². The van der Waals surface area contributed by atoms with Crippen molar-refractivity contribution < 1.29 is 9.59 Å². The summed E-state index contributed by atoms with van der Waals surface area (Å²) in [6.07, 6.45) is 4.16. The third kappa shape index (κ3) is 4.47. The molecule has 1 saturated heterocycles. The molecular formula is C19H24N4O2S. The van der Waals surface area contributed by atoms with E-state index in [1.54, 1.807) is 17.5 Å². The maximum Gasteiger partial charge on any atom is 0.252 e. The number of pyridine rings is 1. The molecule has 0 bridgehead atoms. The Bertz CT molecular complexity index is 762. The Morgan fingerprint density at radius 2 is 2.27 bits per heavy atom. The lowest BCUT2D eigenvalue weighted by molar-refractivity contribution is -0.125. The second-order valence-electron chi connectivity index (χ2n) is 6.55. The van der Waals surface area contributed by atoms with Crippen LogP contribution in [0.4, 0.5) is 0 Å². The van der Waals surface area contributed by atoms with Gasteiger partial charge in [-0.3, -0.25) is 19.5 Å². The Hall–Kier alpha value is -2.25. The summed E-state index contributed by atoms with van der Waals surface area (Å²) in [5.74, 6) is -0.0586. The first-order valence-electron chi connectivity index (χ1n) is 8.83. The number of rotatable bonds is 6. The quantitative estimate of drug-likeness (QED) is 0.813. The van der Waals surface area contributed by atoms with E-state index in [4.69, 9.17) is 0 Å². The lowest BCUT2D eigenvalue weighted by atomic mass is 10.1. The van der Waals surface area contributed by atoms with Gasteiger partial charge in [0.2, 0.25) is 5.91 Å². The van der Waals surface area contributed by atoms with Gasteiger partial charge in [-0.15, -0.1) is 11.3 Å². The van der Waals surface area contributed by atoms with Crippen molar-refractivity contribution in [3.05, 3.63) is 52.0 Å². The smallest absolute Gasteiger partial charge is 0.252 e. The highest BCUT2D eigenvalue weighted by Crippen LogP contribution is 2.22. The minimum Gasteiger partial charge on any atom is -0.355 e. The number of aromatic nitrogens is 1. The third-order valence-corrected chi connectivity index (χ3v) is 5.35. The summed E-state index contributed by atoms with van der Waals surface area (Å²) in [7, 11) is 0. The third-order valence-electron chi connectivity index (χ3n) is 4.49. The number of likely N-dealkylation sites (tertiary alicyclic amines) is 1. The second-order valence-corrected chi connectivity index (χ2v) is 7.67. The van der Waals surface area contributed by atoms with Crippen molar-refractivity contribution in [3.8, 4) is 0 Å². The van der Waals surface area contributed by atoms with Crippen molar-refractivity contribution in [3.63, 3.8) is 0 Å². The summed E-state index contributed by atoms with van der Waals surface area (Å²) >= 11 is 1.56. The van der Waals surface area contributed by atoms with Gasteiger partial charge in [0.15, 0.2) is 0 Å². The van der Waals surface area contributed by atoms with Crippen molar-refractivity contribution in [2.45, 2.75) is 38.9 Å². The molecule has 3 rings (SSSR count). The topological polar surface area (TPSA) is 74.3 Å². The number of nitrogens with one attached hydrogen (secondary N) is 2. The van der Waals surface area contributed by atoms with Crippen molar-refractivity contribution in [1.29, 1.82) is 0 Å². The number of thiophene rings is 1. The molecule has 1 aliphatic rings. The summed E-state index contributed by atoms with van der Waals surface area (Å²) < 4.78 is 0. The Morgan fingerprint density at radius 1 is 1.42 bits per heavy atom. The van der Waals surface area contributed by atoms with Crippen LogP contribution in [-0.2, 0) is 11.3 Å². The van der Waals surface area contributed by atoms with Crippen LogP contribution in [0.1, 0.15) is 34.1 Å². The first-order chi connectivity index (χ1) is 12.6. The molecule has 0 radical (unpaired) electrons. The average Bonchev–Trinajstić information content (AvgIpc) is 3.22. The van der Waals surface area contributed by atoms with E-state index in [0.29, 0.717) is 31.6 Å². The highest BCUT2D eigenvalue weighted by Gasteiger charge is 2.37. The van der Waals surface area contributed by atoms with Gasteiger partial charge in [0.1, 0.15) is 0 Å². The summed E-state index contributed by atoms with van der Waals surface area (Å²) in [6, 6.07) is 5.49. The molecule has 1 fully saturated rings. The van der Waals surface area contributed by atoms with Crippen LogP contribution in [0.3, 0.4) is 0 Å². The van der Waals surface area contributed by atoms with Crippen LogP contribution in [0.5, 0.6) is 0 Å².